The van der Waals surface area contributed by atoms with E-state index in [9.17, 15) is 17.4 Å². The van der Waals surface area contributed by atoms with Crippen molar-refractivity contribution in [1.29, 1.82) is 0 Å². The second-order valence-corrected chi connectivity index (χ2v) is 9.13. The minimum Gasteiger partial charge on any atom is -0.299 e. The lowest BCUT2D eigenvalue weighted by molar-refractivity contribution is -0.137. The molecular weight excluding hydrogens is 411 g/mol. The van der Waals surface area contributed by atoms with Gasteiger partial charge in [0.1, 0.15) is 5.65 Å². The zero-order valence-electron chi connectivity index (χ0n) is 16.2. The summed E-state index contributed by atoms with van der Waals surface area (Å²) in [7, 11) is -1.08. The molecule has 0 amide bonds. The Kier molecular flexibility index (Phi) is 5.19. The molecule has 0 aliphatic carbocycles. The van der Waals surface area contributed by atoms with Crippen LogP contribution in [0.5, 0.6) is 0 Å². The third-order valence-corrected chi connectivity index (χ3v) is 6.31. The highest BCUT2D eigenvalue weighted by Gasteiger charge is 2.31. The minimum absolute atomic E-state index is 0.0234. The molecule has 0 spiro atoms. The van der Waals surface area contributed by atoms with E-state index in [2.05, 4.69) is 9.97 Å². The highest BCUT2D eigenvalue weighted by molar-refractivity contribution is 7.85. The average Bonchev–Trinajstić information content (AvgIpc) is 3.16. The molecule has 4 aromatic rings. The van der Waals surface area contributed by atoms with Gasteiger partial charge in [0, 0.05) is 45.4 Å². The zero-order valence-corrected chi connectivity index (χ0v) is 17.0. The van der Waals surface area contributed by atoms with Crippen LogP contribution in [0.3, 0.4) is 0 Å². The van der Waals surface area contributed by atoms with Gasteiger partial charge in [0.2, 0.25) is 0 Å². The lowest BCUT2D eigenvalue weighted by Crippen LogP contribution is -2.05. The topological polar surface area (TPSA) is 47.3 Å². The molecule has 3 heterocycles. The molecule has 30 heavy (non-hydrogen) atoms. The Morgan fingerprint density at radius 2 is 1.63 bits per heavy atom. The second-order valence-electron chi connectivity index (χ2n) is 7.12. The van der Waals surface area contributed by atoms with Crippen LogP contribution in [-0.2, 0) is 17.0 Å². The fourth-order valence-corrected chi connectivity index (χ4v) is 4.10. The van der Waals surface area contributed by atoms with Gasteiger partial charge in [-0.15, -0.1) is 0 Å². The van der Waals surface area contributed by atoms with Gasteiger partial charge in [-0.3, -0.25) is 13.6 Å². The normalized spacial score (nSPS) is 13.1. The van der Waals surface area contributed by atoms with Crippen molar-refractivity contribution in [2.24, 2.45) is 0 Å². The molecule has 8 heteroatoms. The number of rotatable bonds is 4. The van der Waals surface area contributed by atoms with Gasteiger partial charge in [0.05, 0.1) is 28.3 Å². The minimum atomic E-state index is -4.45. The van der Waals surface area contributed by atoms with Gasteiger partial charge < -0.3 is 0 Å². The maximum absolute atomic E-state index is 13.0. The van der Waals surface area contributed by atoms with Gasteiger partial charge in [0.15, 0.2) is 0 Å². The summed E-state index contributed by atoms with van der Waals surface area (Å²) in [6, 6.07) is 12.0. The van der Waals surface area contributed by atoms with Crippen LogP contribution in [0.25, 0.3) is 28.0 Å². The largest absolute Gasteiger partial charge is 0.417 e. The Balaban J connectivity index is 1.75. The first-order chi connectivity index (χ1) is 14.2. The van der Waals surface area contributed by atoms with E-state index in [1.165, 1.54) is 6.20 Å². The smallest absolute Gasteiger partial charge is 0.299 e. The Morgan fingerprint density at radius 1 is 0.933 bits per heavy atom. The Bertz CT molecular complexity index is 1230. The van der Waals surface area contributed by atoms with Gasteiger partial charge in [-0.1, -0.05) is 26.0 Å². The molecule has 0 radical (unpaired) electrons. The predicted molar refractivity (Wildman–Crippen MR) is 110 cm³/mol. The van der Waals surface area contributed by atoms with E-state index >= 15 is 0 Å². The number of fused-ring (bicyclic) bond motifs is 1. The summed E-state index contributed by atoms with van der Waals surface area (Å²) in [5, 5.41) is 0.0234. The summed E-state index contributed by atoms with van der Waals surface area (Å²) in [5.41, 5.74) is 2.50. The van der Waals surface area contributed by atoms with Crippen molar-refractivity contribution in [2.45, 2.75) is 30.2 Å². The number of imidazole rings is 1. The van der Waals surface area contributed by atoms with Crippen molar-refractivity contribution >= 4 is 16.4 Å². The lowest BCUT2D eigenvalue weighted by Gasteiger charge is -2.10. The number of hydrogen-bond acceptors (Lipinski definition) is 3. The van der Waals surface area contributed by atoms with Crippen molar-refractivity contribution in [1.82, 2.24) is 14.4 Å². The van der Waals surface area contributed by atoms with E-state index in [-0.39, 0.29) is 5.25 Å². The van der Waals surface area contributed by atoms with Crippen molar-refractivity contribution in [3.05, 3.63) is 72.8 Å². The van der Waals surface area contributed by atoms with E-state index in [0.29, 0.717) is 16.8 Å². The molecule has 1 atom stereocenters. The molecule has 0 bridgehead atoms. The Morgan fingerprint density at radius 3 is 2.30 bits per heavy atom. The molecule has 0 fully saturated rings. The number of halogens is 3. The van der Waals surface area contributed by atoms with Crippen LogP contribution < -0.4 is 0 Å². The number of nitrogens with zero attached hydrogens (tertiary/aromatic N) is 3. The molecule has 0 aliphatic rings. The molecule has 1 unspecified atom stereocenters. The second kappa shape index (κ2) is 7.68. The standard InChI is InChI=1S/C22H18F3N3OS/c1-14(2)30(29)19-6-3-15(4-7-19)20-12-27-21-8-5-16(13-28(20)21)17-9-18(11-26-10-17)22(23,24)25/h3-14H,1-2H3. The van der Waals surface area contributed by atoms with Crippen LogP contribution in [0, 0.1) is 0 Å². The van der Waals surface area contributed by atoms with Crippen molar-refractivity contribution < 1.29 is 17.4 Å². The summed E-state index contributed by atoms with van der Waals surface area (Å²) < 4.78 is 53.2. The van der Waals surface area contributed by atoms with E-state index in [1.807, 2.05) is 42.5 Å². The number of alkyl halides is 3. The van der Waals surface area contributed by atoms with Crippen LogP contribution >= 0.6 is 0 Å². The lowest BCUT2D eigenvalue weighted by atomic mass is 10.1. The molecule has 4 rings (SSSR count). The van der Waals surface area contributed by atoms with E-state index in [4.69, 9.17) is 0 Å². The van der Waals surface area contributed by atoms with Crippen molar-refractivity contribution in [3.63, 3.8) is 0 Å². The zero-order chi connectivity index (χ0) is 21.5. The summed E-state index contributed by atoms with van der Waals surface area (Å²) in [5.74, 6) is 0. The van der Waals surface area contributed by atoms with Gasteiger partial charge in [0.25, 0.3) is 0 Å². The number of aromatic nitrogens is 3. The fourth-order valence-electron chi connectivity index (χ4n) is 3.15. The first-order valence-corrected chi connectivity index (χ1v) is 10.5. The SMILES string of the molecule is CC(C)S(=O)c1ccc(-c2cnc3ccc(-c4cncc(C(F)(F)F)c4)cn23)cc1. The summed E-state index contributed by atoms with van der Waals surface area (Å²) in [4.78, 5) is 8.87. The maximum atomic E-state index is 13.0. The number of pyridine rings is 2. The van der Waals surface area contributed by atoms with Crippen LogP contribution in [-0.4, -0.2) is 23.8 Å². The van der Waals surface area contributed by atoms with Crippen LogP contribution in [0.2, 0.25) is 0 Å². The molecule has 0 N–H and O–H groups in total. The Hall–Kier alpha value is -3.00. The van der Waals surface area contributed by atoms with Crippen LogP contribution in [0.1, 0.15) is 19.4 Å². The fraction of sp³-hybridized carbons (Fsp3) is 0.182. The first kappa shape index (κ1) is 20.3. The monoisotopic (exact) mass is 429 g/mol. The summed E-state index contributed by atoms with van der Waals surface area (Å²) >= 11 is 0. The first-order valence-electron chi connectivity index (χ1n) is 9.25. The van der Waals surface area contributed by atoms with Gasteiger partial charge in [-0.05, 0) is 30.3 Å². The van der Waals surface area contributed by atoms with E-state index in [0.717, 1.165) is 28.4 Å². The molecule has 0 saturated carbocycles. The van der Waals surface area contributed by atoms with E-state index in [1.54, 1.807) is 24.5 Å². The van der Waals surface area contributed by atoms with E-state index < -0.39 is 22.5 Å². The molecule has 3 aromatic heterocycles. The third-order valence-electron chi connectivity index (χ3n) is 4.72. The highest BCUT2D eigenvalue weighted by atomic mass is 32.2. The Labute approximate surface area is 173 Å². The highest BCUT2D eigenvalue weighted by Crippen LogP contribution is 2.32. The summed E-state index contributed by atoms with van der Waals surface area (Å²) in [6.07, 6.45) is 1.22. The van der Waals surface area contributed by atoms with Gasteiger partial charge in [-0.2, -0.15) is 13.2 Å². The molecule has 0 aliphatic heterocycles. The van der Waals surface area contributed by atoms with Crippen molar-refractivity contribution in [3.8, 4) is 22.4 Å². The molecule has 154 valence electrons. The van der Waals surface area contributed by atoms with Crippen molar-refractivity contribution in [2.75, 3.05) is 0 Å². The predicted octanol–water partition coefficient (Wildman–Crippen LogP) is 5.60. The van der Waals surface area contributed by atoms with Crippen LogP contribution in [0.4, 0.5) is 13.2 Å². The molecule has 1 aromatic carbocycles. The molecule has 0 saturated heterocycles. The number of hydrogen-bond donors (Lipinski definition) is 0. The number of benzene rings is 1. The molecular formula is C22H18F3N3OS. The third kappa shape index (κ3) is 3.87. The van der Waals surface area contributed by atoms with Crippen LogP contribution in [0.15, 0.2) is 72.1 Å². The van der Waals surface area contributed by atoms with Gasteiger partial charge >= 0.3 is 6.18 Å². The quantitative estimate of drug-likeness (QED) is 0.424. The van der Waals surface area contributed by atoms with Gasteiger partial charge in [-0.25, -0.2) is 4.98 Å². The molecule has 4 nitrogen and oxygen atoms in total. The summed E-state index contributed by atoms with van der Waals surface area (Å²) in [6.45, 7) is 3.80. The average molecular weight is 429 g/mol. The maximum Gasteiger partial charge on any atom is 0.417 e.